The number of carbonyl (C=O) groups excluding carboxylic acids is 2. The molecule has 3 aromatic rings. The second-order valence-corrected chi connectivity index (χ2v) is 7.24. The van der Waals surface area contributed by atoms with Crippen molar-refractivity contribution in [1.82, 2.24) is 10.3 Å². The number of nitrogens with one attached hydrogen (secondary N) is 2. The number of rotatable bonds is 6. The van der Waals surface area contributed by atoms with Crippen LogP contribution in [0, 0.1) is 0 Å². The lowest BCUT2D eigenvalue weighted by atomic mass is 10.2. The summed E-state index contributed by atoms with van der Waals surface area (Å²) in [6.45, 7) is 1.60. The topological polar surface area (TPSA) is 80.3 Å². The molecule has 2 aromatic carbocycles. The maximum absolute atomic E-state index is 12.1. The summed E-state index contributed by atoms with van der Waals surface area (Å²) in [5, 5.41) is 8.50. The maximum Gasteiger partial charge on any atom is 0.328 e. The summed E-state index contributed by atoms with van der Waals surface area (Å²) < 4.78 is 5.25. The molecule has 0 saturated heterocycles. The first-order valence-electron chi connectivity index (χ1n) is 8.51. The number of aromatic nitrogens is 1. The lowest BCUT2D eigenvalue weighted by Crippen LogP contribution is -2.41. The van der Waals surface area contributed by atoms with Crippen molar-refractivity contribution in [2.24, 2.45) is 0 Å². The summed E-state index contributed by atoms with van der Waals surface area (Å²) in [6, 6.07) is 15.1. The smallest absolute Gasteiger partial charge is 0.328 e. The molecule has 8 heteroatoms. The highest BCUT2D eigenvalue weighted by Crippen LogP contribution is 2.25. The predicted molar refractivity (Wildman–Crippen MR) is 110 cm³/mol. The summed E-state index contributed by atoms with van der Waals surface area (Å²) in [5.41, 5.74) is 2.22. The molecule has 6 nitrogen and oxygen atoms in total. The zero-order chi connectivity index (χ0) is 19.9. The maximum atomic E-state index is 12.1. The molecule has 0 radical (unpaired) electrons. The number of anilines is 1. The third kappa shape index (κ3) is 5.55. The van der Waals surface area contributed by atoms with Crippen molar-refractivity contribution in [3.05, 3.63) is 70.7 Å². The molecule has 0 unspecified atom stereocenters. The molecular formula is C20H18ClN3O3S. The van der Waals surface area contributed by atoms with E-state index in [1.54, 1.807) is 43.3 Å². The number of para-hydroxylation sites is 1. The van der Waals surface area contributed by atoms with Crippen LogP contribution in [-0.4, -0.2) is 23.0 Å². The van der Waals surface area contributed by atoms with E-state index in [2.05, 4.69) is 15.6 Å². The minimum Gasteiger partial charge on any atom is -0.458 e. The Balaban J connectivity index is 1.48. The number of benzene rings is 2. The van der Waals surface area contributed by atoms with Crippen LogP contribution in [0.15, 0.2) is 60.0 Å². The van der Waals surface area contributed by atoms with Crippen molar-refractivity contribution < 1.29 is 14.3 Å². The number of nitrogens with zero attached hydrogens (tertiary/aromatic N) is 1. The third-order valence-electron chi connectivity index (χ3n) is 3.74. The van der Waals surface area contributed by atoms with Crippen LogP contribution in [0.3, 0.4) is 0 Å². The van der Waals surface area contributed by atoms with Crippen molar-refractivity contribution in [3.8, 4) is 10.6 Å². The van der Waals surface area contributed by atoms with E-state index in [-0.39, 0.29) is 6.61 Å². The number of esters is 1. The van der Waals surface area contributed by atoms with E-state index in [9.17, 15) is 9.59 Å². The standard InChI is InChI=1S/C20H18ClN3O3S/c1-13(22-20(26)24-16-5-3-2-4-6-16)19(25)27-11-17-12-28-18(23-17)14-7-9-15(21)10-8-14/h2-10,12-13H,11H2,1H3,(H2,22,24,26)/t13-/m0/s1. The zero-order valence-corrected chi connectivity index (χ0v) is 16.6. The number of amides is 2. The van der Waals surface area contributed by atoms with Crippen LogP contribution in [-0.2, 0) is 16.1 Å². The molecule has 1 atom stereocenters. The number of ether oxygens (including phenoxy) is 1. The second-order valence-electron chi connectivity index (χ2n) is 5.94. The SMILES string of the molecule is C[C@H](NC(=O)Nc1ccccc1)C(=O)OCc1csc(-c2ccc(Cl)cc2)n1. The zero-order valence-electron chi connectivity index (χ0n) is 15.0. The normalized spacial score (nSPS) is 11.5. The van der Waals surface area contributed by atoms with Gasteiger partial charge in [-0.2, -0.15) is 0 Å². The van der Waals surface area contributed by atoms with E-state index >= 15 is 0 Å². The van der Waals surface area contributed by atoms with Gasteiger partial charge in [-0.15, -0.1) is 11.3 Å². The third-order valence-corrected chi connectivity index (χ3v) is 4.93. The molecule has 3 rings (SSSR count). The average molecular weight is 416 g/mol. The average Bonchev–Trinajstić information content (AvgIpc) is 3.16. The fourth-order valence-electron chi connectivity index (χ4n) is 2.31. The largest absolute Gasteiger partial charge is 0.458 e. The van der Waals surface area contributed by atoms with E-state index in [4.69, 9.17) is 16.3 Å². The molecule has 0 spiro atoms. The van der Waals surface area contributed by atoms with Crippen molar-refractivity contribution in [2.75, 3.05) is 5.32 Å². The van der Waals surface area contributed by atoms with Crippen LogP contribution in [0.1, 0.15) is 12.6 Å². The van der Waals surface area contributed by atoms with Gasteiger partial charge in [-0.3, -0.25) is 0 Å². The molecule has 144 valence electrons. The van der Waals surface area contributed by atoms with Gasteiger partial charge in [-0.05, 0) is 31.2 Å². The van der Waals surface area contributed by atoms with Gasteiger partial charge in [0.25, 0.3) is 0 Å². The molecule has 0 aliphatic heterocycles. The monoisotopic (exact) mass is 415 g/mol. The highest BCUT2D eigenvalue weighted by molar-refractivity contribution is 7.13. The van der Waals surface area contributed by atoms with Crippen molar-refractivity contribution in [1.29, 1.82) is 0 Å². The van der Waals surface area contributed by atoms with Crippen LogP contribution < -0.4 is 10.6 Å². The van der Waals surface area contributed by atoms with Crippen LogP contribution in [0.4, 0.5) is 10.5 Å². The minimum atomic E-state index is -0.793. The highest BCUT2D eigenvalue weighted by Gasteiger charge is 2.18. The van der Waals surface area contributed by atoms with Gasteiger partial charge in [-0.25, -0.2) is 14.6 Å². The second kappa shape index (κ2) is 9.34. The molecule has 1 heterocycles. The van der Waals surface area contributed by atoms with Gasteiger partial charge < -0.3 is 15.4 Å². The van der Waals surface area contributed by atoms with Crippen molar-refractivity contribution in [3.63, 3.8) is 0 Å². The minimum absolute atomic E-state index is 0.0370. The number of carbonyl (C=O) groups is 2. The quantitative estimate of drug-likeness (QED) is 0.571. The fourth-order valence-corrected chi connectivity index (χ4v) is 3.25. The Morgan fingerprint density at radius 1 is 1.14 bits per heavy atom. The van der Waals surface area contributed by atoms with Crippen LogP contribution in [0.5, 0.6) is 0 Å². The van der Waals surface area contributed by atoms with Gasteiger partial charge in [-0.1, -0.05) is 41.9 Å². The fraction of sp³-hybridized carbons (Fsp3) is 0.150. The first-order chi connectivity index (χ1) is 13.5. The molecule has 0 bridgehead atoms. The number of halogens is 1. The molecule has 0 aliphatic carbocycles. The van der Waals surface area contributed by atoms with Gasteiger partial charge in [0, 0.05) is 21.7 Å². The molecule has 0 aliphatic rings. The number of hydrogen-bond donors (Lipinski definition) is 2. The molecular weight excluding hydrogens is 398 g/mol. The van der Waals surface area contributed by atoms with Gasteiger partial charge >= 0.3 is 12.0 Å². The molecule has 2 N–H and O–H groups in total. The van der Waals surface area contributed by atoms with Crippen LogP contribution >= 0.6 is 22.9 Å². The van der Waals surface area contributed by atoms with E-state index in [0.29, 0.717) is 16.4 Å². The van der Waals surface area contributed by atoms with E-state index in [0.717, 1.165) is 10.6 Å². The number of thiazole rings is 1. The van der Waals surface area contributed by atoms with E-state index in [1.165, 1.54) is 11.3 Å². The predicted octanol–water partition coefficient (Wildman–Crippen LogP) is 4.72. The Bertz CT molecular complexity index is 945. The summed E-state index contributed by atoms with van der Waals surface area (Å²) in [6.07, 6.45) is 0. The Kier molecular flexibility index (Phi) is 6.62. The van der Waals surface area contributed by atoms with E-state index < -0.39 is 18.0 Å². The molecule has 28 heavy (non-hydrogen) atoms. The summed E-state index contributed by atoms with van der Waals surface area (Å²) in [5.74, 6) is -0.538. The molecule has 0 fully saturated rings. The van der Waals surface area contributed by atoms with Crippen molar-refractivity contribution in [2.45, 2.75) is 19.6 Å². The van der Waals surface area contributed by atoms with E-state index in [1.807, 2.05) is 23.6 Å². The van der Waals surface area contributed by atoms with Gasteiger partial charge in [0.1, 0.15) is 17.7 Å². The number of hydrogen-bond acceptors (Lipinski definition) is 5. The van der Waals surface area contributed by atoms with Gasteiger partial charge in [0.05, 0.1) is 5.69 Å². The lowest BCUT2D eigenvalue weighted by Gasteiger charge is -2.13. The van der Waals surface area contributed by atoms with Gasteiger partial charge in [0.2, 0.25) is 0 Å². The Morgan fingerprint density at radius 2 is 1.86 bits per heavy atom. The van der Waals surface area contributed by atoms with Gasteiger partial charge in [0.15, 0.2) is 0 Å². The highest BCUT2D eigenvalue weighted by atomic mass is 35.5. The summed E-state index contributed by atoms with van der Waals surface area (Å²) in [7, 11) is 0. The Morgan fingerprint density at radius 3 is 2.57 bits per heavy atom. The molecule has 1 aromatic heterocycles. The summed E-state index contributed by atoms with van der Waals surface area (Å²) in [4.78, 5) is 28.5. The van der Waals surface area contributed by atoms with Crippen LogP contribution in [0.2, 0.25) is 5.02 Å². The molecule has 0 saturated carbocycles. The lowest BCUT2D eigenvalue weighted by molar-refractivity contribution is -0.146. The number of urea groups is 1. The first kappa shape index (κ1) is 19.9. The molecule has 2 amide bonds. The Labute approximate surface area is 171 Å². The van der Waals surface area contributed by atoms with Crippen LogP contribution in [0.25, 0.3) is 10.6 Å². The first-order valence-corrected chi connectivity index (χ1v) is 9.76. The Hall–Kier alpha value is -2.90. The summed E-state index contributed by atoms with van der Waals surface area (Å²) >= 11 is 7.35. The van der Waals surface area contributed by atoms with Crippen molar-refractivity contribution >= 4 is 40.6 Å².